The van der Waals surface area contributed by atoms with Gasteiger partial charge in [-0.05, 0) is 18.8 Å². The predicted octanol–water partition coefficient (Wildman–Crippen LogP) is 2.21. The van der Waals surface area contributed by atoms with Crippen molar-refractivity contribution in [3.63, 3.8) is 0 Å². The minimum absolute atomic E-state index is 0.330. The molecule has 0 spiro atoms. The second-order valence-corrected chi connectivity index (χ2v) is 4.72. The molecular weight excluding hydrogens is 188 g/mol. The van der Waals surface area contributed by atoms with Gasteiger partial charge in [-0.15, -0.1) is 0 Å². The van der Waals surface area contributed by atoms with E-state index < -0.39 is 0 Å². The fourth-order valence-electron chi connectivity index (χ4n) is 2.36. The highest BCUT2D eigenvalue weighted by atomic mass is 16.5. The Morgan fingerprint density at radius 1 is 1.40 bits per heavy atom. The van der Waals surface area contributed by atoms with Crippen LogP contribution in [0.4, 0.5) is 0 Å². The third kappa shape index (κ3) is 4.09. The largest absolute Gasteiger partial charge is 0.376 e. The summed E-state index contributed by atoms with van der Waals surface area (Å²) in [5, 5.41) is 0. The number of nitrogens with one attached hydrogen (secondary N) is 1. The zero-order valence-electron chi connectivity index (χ0n) is 10.2. The van der Waals surface area contributed by atoms with E-state index in [0.717, 1.165) is 13.0 Å². The van der Waals surface area contributed by atoms with Gasteiger partial charge in [0, 0.05) is 12.6 Å². The van der Waals surface area contributed by atoms with Gasteiger partial charge in [0.2, 0.25) is 0 Å². The van der Waals surface area contributed by atoms with Gasteiger partial charge >= 0.3 is 0 Å². The average molecular weight is 214 g/mol. The number of rotatable bonds is 7. The van der Waals surface area contributed by atoms with E-state index in [-0.39, 0.29) is 0 Å². The fourth-order valence-corrected chi connectivity index (χ4v) is 2.36. The van der Waals surface area contributed by atoms with E-state index in [1.807, 2.05) is 0 Å². The van der Waals surface area contributed by atoms with Crippen molar-refractivity contribution in [2.75, 3.05) is 6.61 Å². The first-order chi connectivity index (χ1) is 7.29. The predicted molar refractivity (Wildman–Crippen MR) is 63.4 cm³/mol. The number of hydrazine groups is 1. The standard InChI is InChI=1S/C12H26N2O/c1-3-4-5-6-7-11(14-13)12-10(2)8-9-15-12/h10-12,14H,3-9,13H2,1-2H3. The van der Waals surface area contributed by atoms with Gasteiger partial charge in [-0.2, -0.15) is 0 Å². The molecule has 1 heterocycles. The second kappa shape index (κ2) is 7.20. The summed E-state index contributed by atoms with van der Waals surface area (Å²) in [5.41, 5.74) is 2.93. The van der Waals surface area contributed by atoms with Crippen molar-refractivity contribution < 1.29 is 4.74 Å². The number of unbranched alkanes of at least 4 members (excludes halogenated alkanes) is 3. The number of hydrogen-bond donors (Lipinski definition) is 2. The molecule has 1 saturated heterocycles. The van der Waals surface area contributed by atoms with E-state index in [4.69, 9.17) is 10.6 Å². The molecule has 1 aliphatic heterocycles. The normalized spacial score (nSPS) is 28.2. The van der Waals surface area contributed by atoms with Gasteiger partial charge in [-0.25, -0.2) is 0 Å². The molecule has 1 fully saturated rings. The van der Waals surface area contributed by atoms with Crippen molar-refractivity contribution >= 4 is 0 Å². The highest BCUT2D eigenvalue weighted by molar-refractivity contribution is 4.83. The lowest BCUT2D eigenvalue weighted by Gasteiger charge is -2.25. The Hall–Kier alpha value is -0.120. The summed E-state index contributed by atoms with van der Waals surface area (Å²) in [4.78, 5) is 0. The topological polar surface area (TPSA) is 47.3 Å². The Morgan fingerprint density at radius 3 is 2.73 bits per heavy atom. The molecule has 0 aromatic carbocycles. The van der Waals surface area contributed by atoms with Crippen LogP contribution in [0.5, 0.6) is 0 Å². The van der Waals surface area contributed by atoms with Gasteiger partial charge in [0.15, 0.2) is 0 Å². The van der Waals surface area contributed by atoms with Crippen LogP contribution in [-0.4, -0.2) is 18.8 Å². The first-order valence-electron chi connectivity index (χ1n) is 6.37. The minimum atomic E-state index is 0.330. The van der Waals surface area contributed by atoms with E-state index >= 15 is 0 Å². The molecule has 0 radical (unpaired) electrons. The van der Waals surface area contributed by atoms with Gasteiger partial charge in [0.1, 0.15) is 0 Å². The Labute approximate surface area is 93.7 Å². The number of ether oxygens (including phenoxy) is 1. The molecule has 0 amide bonds. The summed E-state index contributed by atoms with van der Waals surface area (Å²) in [6, 6.07) is 0.347. The Kier molecular flexibility index (Phi) is 6.22. The first kappa shape index (κ1) is 12.9. The van der Waals surface area contributed by atoms with Crippen LogP contribution in [0.1, 0.15) is 52.4 Å². The van der Waals surface area contributed by atoms with Gasteiger partial charge in [-0.3, -0.25) is 11.3 Å². The minimum Gasteiger partial charge on any atom is -0.376 e. The van der Waals surface area contributed by atoms with Gasteiger partial charge in [0.25, 0.3) is 0 Å². The van der Waals surface area contributed by atoms with Gasteiger partial charge in [0.05, 0.1) is 6.10 Å². The third-order valence-electron chi connectivity index (χ3n) is 3.42. The van der Waals surface area contributed by atoms with E-state index in [1.165, 1.54) is 32.1 Å². The zero-order valence-corrected chi connectivity index (χ0v) is 10.2. The van der Waals surface area contributed by atoms with Crippen LogP contribution in [0, 0.1) is 5.92 Å². The van der Waals surface area contributed by atoms with Crippen LogP contribution in [0.2, 0.25) is 0 Å². The fraction of sp³-hybridized carbons (Fsp3) is 1.00. The summed E-state index contributed by atoms with van der Waals surface area (Å²) < 4.78 is 5.73. The number of hydrogen-bond acceptors (Lipinski definition) is 3. The lowest BCUT2D eigenvalue weighted by atomic mass is 9.94. The Bertz CT molecular complexity index is 164. The lowest BCUT2D eigenvalue weighted by molar-refractivity contribution is 0.0574. The molecule has 3 heteroatoms. The van der Waals surface area contributed by atoms with Gasteiger partial charge < -0.3 is 4.74 Å². The molecule has 1 aliphatic rings. The van der Waals surface area contributed by atoms with Crippen molar-refractivity contribution in [3.8, 4) is 0 Å². The molecule has 90 valence electrons. The van der Waals surface area contributed by atoms with Crippen molar-refractivity contribution in [2.24, 2.45) is 11.8 Å². The van der Waals surface area contributed by atoms with Crippen LogP contribution in [0.25, 0.3) is 0 Å². The lowest BCUT2D eigenvalue weighted by Crippen LogP contribution is -2.45. The summed E-state index contributed by atoms with van der Waals surface area (Å²) in [6.45, 7) is 5.40. The molecule has 0 saturated carbocycles. The van der Waals surface area contributed by atoms with Crippen LogP contribution in [0.15, 0.2) is 0 Å². The van der Waals surface area contributed by atoms with E-state index in [9.17, 15) is 0 Å². The smallest absolute Gasteiger partial charge is 0.0767 e. The highest BCUT2D eigenvalue weighted by Gasteiger charge is 2.30. The maximum Gasteiger partial charge on any atom is 0.0767 e. The number of nitrogens with two attached hydrogens (primary N) is 1. The molecule has 0 aliphatic carbocycles. The molecule has 0 aromatic rings. The molecule has 3 N–H and O–H groups in total. The van der Waals surface area contributed by atoms with Crippen LogP contribution in [-0.2, 0) is 4.74 Å². The maximum atomic E-state index is 5.73. The van der Waals surface area contributed by atoms with Crippen molar-refractivity contribution in [2.45, 2.75) is 64.5 Å². The summed E-state index contributed by atoms with van der Waals surface area (Å²) in [6.07, 6.45) is 7.85. The van der Waals surface area contributed by atoms with Crippen molar-refractivity contribution in [1.29, 1.82) is 0 Å². The van der Waals surface area contributed by atoms with Crippen LogP contribution >= 0.6 is 0 Å². The maximum absolute atomic E-state index is 5.73. The average Bonchev–Trinajstić information content (AvgIpc) is 2.65. The quantitative estimate of drug-likeness (QED) is 0.388. The molecule has 1 rings (SSSR count). The third-order valence-corrected chi connectivity index (χ3v) is 3.42. The zero-order chi connectivity index (χ0) is 11.1. The first-order valence-corrected chi connectivity index (χ1v) is 6.37. The second-order valence-electron chi connectivity index (χ2n) is 4.72. The molecule has 15 heavy (non-hydrogen) atoms. The van der Waals surface area contributed by atoms with Gasteiger partial charge in [-0.1, -0.05) is 39.5 Å². The van der Waals surface area contributed by atoms with Crippen LogP contribution in [0.3, 0.4) is 0 Å². The molecule has 3 nitrogen and oxygen atoms in total. The molecule has 0 bridgehead atoms. The molecule has 3 atom stereocenters. The van der Waals surface area contributed by atoms with E-state index in [0.29, 0.717) is 18.1 Å². The Morgan fingerprint density at radius 2 is 2.20 bits per heavy atom. The Balaban J connectivity index is 2.22. The summed E-state index contributed by atoms with van der Waals surface area (Å²) in [5.74, 6) is 6.25. The monoisotopic (exact) mass is 214 g/mol. The van der Waals surface area contributed by atoms with E-state index in [2.05, 4.69) is 19.3 Å². The van der Waals surface area contributed by atoms with E-state index in [1.54, 1.807) is 0 Å². The van der Waals surface area contributed by atoms with Crippen molar-refractivity contribution in [1.82, 2.24) is 5.43 Å². The van der Waals surface area contributed by atoms with Crippen molar-refractivity contribution in [3.05, 3.63) is 0 Å². The SMILES string of the molecule is CCCCCCC(NN)C1OCCC1C. The molecule has 0 aromatic heterocycles. The summed E-state index contributed by atoms with van der Waals surface area (Å²) in [7, 11) is 0. The highest BCUT2D eigenvalue weighted by Crippen LogP contribution is 2.25. The molecular formula is C12H26N2O. The summed E-state index contributed by atoms with van der Waals surface area (Å²) >= 11 is 0. The molecule has 3 unspecified atom stereocenters. The van der Waals surface area contributed by atoms with Crippen LogP contribution < -0.4 is 11.3 Å².